The van der Waals surface area contributed by atoms with Gasteiger partial charge in [-0.1, -0.05) is 19.1 Å². The van der Waals surface area contributed by atoms with Crippen molar-refractivity contribution in [1.82, 2.24) is 5.32 Å². The molecule has 0 spiro atoms. The molecule has 0 aromatic heterocycles. The Morgan fingerprint density at radius 3 is 2.21 bits per heavy atom. The first-order valence-corrected chi connectivity index (χ1v) is 6.32. The quantitative estimate of drug-likeness (QED) is 0.844. The van der Waals surface area contributed by atoms with Gasteiger partial charge in [0.1, 0.15) is 5.75 Å². The molecule has 2 nitrogen and oxygen atoms in total. The lowest BCUT2D eigenvalue weighted by atomic mass is 10.0. The van der Waals surface area contributed by atoms with Gasteiger partial charge < -0.3 is 10.1 Å². The molecule has 0 aliphatic rings. The standard InChI is InChI=1S/C14H20F3NO/c1-4-13(18-10(2)9-14(15,16)17)11-5-7-12(19-3)8-6-11/h5-8,10,13,18H,4,9H2,1-3H3. The lowest BCUT2D eigenvalue weighted by Crippen LogP contribution is -2.34. The van der Waals surface area contributed by atoms with Crippen molar-refractivity contribution in [1.29, 1.82) is 0 Å². The van der Waals surface area contributed by atoms with Crippen LogP contribution in [-0.4, -0.2) is 19.3 Å². The van der Waals surface area contributed by atoms with Crippen LogP contribution < -0.4 is 10.1 Å². The Morgan fingerprint density at radius 1 is 1.21 bits per heavy atom. The Balaban J connectivity index is 2.66. The van der Waals surface area contributed by atoms with E-state index in [4.69, 9.17) is 4.74 Å². The summed E-state index contributed by atoms with van der Waals surface area (Å²) in [4.78, 5) is 0. The van der Waals surface area contributed by atoms with Crippen LogP contribution in [0.25, 0.3) is 0 Å². The Hall–Kier alpha value is -1.23. The molecule has 5 heteroatoms. The predicted octanol–water partition coefficient (Wildman–Crippen LogP) is 4.08. The highest BCUT2D eigenvalue weighted by Crippen LogP contribution is 2.25. The maximum absolute atomic E-state index is 12.3. The van der Waals surface area contributed by atoms with Gasteiger partial charge >= 0.3 is 6.18 Å². The van der Waals surface area contributed by atoms with Gasteiger partial charge in [-0.25, -0.2) is 0 Å². The first kappa shape index (κ1) is 15.8. The van der Waals surface area contributed by atoms with Gasteiger partial charge in [-0.3, -0.25) is 0 Å². The molecule has 1 N–H and O–H groups in total. The van der Waals surface area contributed by atoms with Gasteiger partial charge in [0.25, 0.3) is 0 Å². The van der Waals surface area contributed by atoms with E-state index in [2.05, 4.69) is 5.32 Å². The van der Waals surface area contributed by atoms with Crippen molar-refractivity contribution in [3.63, 3.8) is 0 Å². The normalized spacial score (nSPS) is 15.1. The van der Waals surface area contributed by atoms with E-state index in [1.54, 1.807) is 14.0 Å². The summed E-state index contributed by atoms with van der Waals surface area (Å²) in [6, 6.07) is 6.69. The third-order valence-corrected chi connectivity index (χ3v) is 2.95. The number of rotatable bonds is 6. The fraction of sp³-hybridized carbons (Fsp3) is 0.571. The molecule has 0 fully saturated rings. The van der Waals surface area contributed by atoms with Crippen LogP contribution in [0.15, 0.2) is 24.3 Å². The topological polar surface area (TPSA) is 21.3 Å². The van der Waals surface area contributed by atoms with E-state index in [1.807, 2.05) is 31.2 Å². The van der Waals surface area contributed by atoms with Crippen molar-refractivity contribution in [2.45, 2.75) is 44.9 Å². The van der Waals surface area contributed by atoms with Crippen molar-refractivity contribution >= 4 is 0 Å². The van der Waals surface area contributed by atoms with Crippen molar-refractivity contribution in [3.8, 4) is 5.75 Å². The third kappa shape index (κ3) is 5.51. The zero-order valence-electron chi connectivity index (χ0n) is 11.4. The molecule has 0 aliphatic carbocycles. The van der Waals surface area contributed by atoms with Gasteiger partial charge in [0.15, 0.2) is 0 Å². The minimum Gasteiger partial charge on any atom is -0.497 e. The fourth-order valence-electron chi connectivity index (χ4n) is 2.04. The summed E-state index contributed by atoms with van der Waals surface area (Å²) in [7, 11) is 1.58. The number of halogens is 3. The van der Waals surface area contributed by atoms with Crippen LogP contribution in [0.4, 0.5) is 13.2 Å². The van der Waals surface area contributed by atoms with Gasteiger partial charge in [-0.2, -0.15) is 13.2 Å². The highest BCUT2D eigenvalue weighted by Gasteiger charge is 2.30. The summed E-state index contributed by atoms with van der Waals surface area (Å²) in [6.45, 7) is 3.50. The third-order valence-electron chi connectivity index (χ3n) is 2.95. The van der Waals surface area contributed by atoms with E-state index < -0.39 is 18.6 Å². The maximum atomic E-state index is 12.3. The molecule has 1 rings (SSSR count). The Kier molecular flexibility index (Phi) is 5.66. The Labute approximate surface area is 112 Å². The van der Waals surface area contributed by atoms with Crippen LogP contribution in [0, 0.1) is 0 Å². The summed E-state index contributed by atoms with van der Waals surface area (Å²) in [5.74, 6) is 0.738. The molecule has 108 valence electrons. The van der Waals surface area contributed by atoms with Crippen molar-refractivity contribution in [3.05, 3.63) is 29.8 Å². The van der Waals surface area contributed by atoms with Gasteiger partial charge in [0.2, 0.25) is 0 Å². The number of hydrogen-bond acceptors (Lipinski definition) is 2. The fourth-order valence-corrected chi connectivity index (χ4v) is 2.04. The van der Waals surface area contributed by atoms with Crippen LogP contribution >= 0.6 is 0 Å². The molecule has 0 radical (unpaired) electrons. The van der Waals surface area contributed by atoms with Crippen LogP contribution in [0.5, 0.6) is 5.75 Å². The van der Waals surface area contributed by atoms with Crippen LogP contribution in [0.3, 0.4) is 0 Å². The second-order valence-corrected chi connectivity index (χ2v) is 4.62. The number of benzene rings is 1. The molecule has 1 aromatic rings. The molecular formula is C14H20F3NO. The summed E-state index contributed by atoms with van der Waals surface area (Å²) in [5.41, 5.74) is 0.970. The molecule has 0 amide bonds. The Bertz CT molecular complexity index is 375. The zero-order valence-corrected chi connectivity index (χ0v) is 11.4. The van der Waals surface area contributed by atoms with E-state index in [0.717, 1.165) is 17.7 Å². The summed E-state index contributed by atoms with van der Waals surface area (Å²) < 4.78 is 42.0. The smallest absolute Gasteiger partial charge is 0.390 e. The van der Waals surface area contributed by atoms with Crippen molar-refractivity contribution in [2.24, 2.45) is 0 Å². The van der Waals surface area contributed by atoms with Crippen LogP contribution in [0.1, 0.15) is 38.3 Å². The molecule has 19 heavy (non-hydrogen) atoms. The van der Waals surface area contributed by atoms with E-state index >= 15 is 0 Å². The van der Waals surface area contributed by atoms with Crippen molar-refractivity contribution < 1.29 is 17.9 Å². The van der Waals surface area contributed by atoms with Crippen LogP contribution in [0.2, 0.25) is 0 Å². The van der Waals surface area contributed by atoms with Gasteiger partial charge in [-0.15, -0.1) is 0 Å². The molecule has 0 heterocycles. The first-order valence-electron chi connectivity index (χ1n) is 6.32. The first-order chi connectivity index (χ1) is 8.85. The largest absolute Gasteiger partial charge is 0.497 e. The lowest BCUT2D eigenvalue weighted by Gasteiger charge is -2.23. The monoisotopic (exact) mass is 275 g/mol. The second kappa shape index (κ2) is 6.80. The minimum atomic E-state index is -4.13. The molecule has 1 aromatic carbocycles. The van der Waals surface area contributed by atoms with Gasteiger partial charge in [0.05, 0.1) is 13.5 Å². The average Bonchev–Trinajstić information content (AvgIpc) is 2.34. The van der Waals surface area contributed by atoms with E-state index in [-0.39, 0.29) is 6.04 Å². The summed E-state index contributed by atoms with van der Waals surface area (Å²) in [6.07, 6.45) is -4.22. The maximum Gasteiger partial charge on any atom is 0.390 e. The predicted molar refractivity (Wildman–Crippen MR) is 69.3 cm³/mol. The molecule has 0 bridgehead atoms. The highest BCUT2D eigenvalue weighted by atomic mass is 19.4. The Morgan fingerprint density at radius 2 is 1.79 bits per heavy atom. The molecule has 2 unspecified atom stereocenters. The van der Waals surface area contributed by atoms with E-state index in [0.29, 0.717) is 0 Å². The average molecular weight is 275 g/mol. The minimum absolute atomic E-state index is 0.0803. The zero-order chi connectivity index (χ0) is 14.5. The van der Waals surface area contributed by atoms with E-state index in [1.165, 1.54) is 0 Å². The number of nitrogens with one attached hydrogen (secondary N) is 1. The SMILES string of the molecule is CCC(NC(C)CC(F)(F)F)c1ccc(OC)cc1. The van der Waals surface area contributed by atoms with Gasteiger partial charge in [-0.05, 0) is 31.0 Å². The molecular weight excluding hydrogens is 255 g/mol. The lowest BCUT2D eigenvalue weighted by molar-refractivity contribution is -0.139. The number of methoxy groups -OCH3 is 1. The summed E-state index contributed by atoms with van der Waals surface area (Å²) >= 11 is 0. The molecule has 0 saturated carbocycles. The van der Waals surface area contributed by atoms with Crippen LogP contribution in [-0.2, 0) is 0 Å². The van der Waals surface area contributed by atoms with E-state index in [9.17, 15) is 13.2 Å². The number of hydrogen-bond donors (Lipinski definition) is 1. The number of alkyl halides is 3. The second-order valence-electron chi connectivity index (χ2n) is 4.62. The molecule has 0 saturated heterocycles. The highest BCUT2D eigenvalue weighted by molar-refractivity contribution is 5.29. The summed E-state index contributed by atoms with van der Waals surface area (Å²) in [5, 5.41) is 3.02. The number of ether oxygens (including phenoxy) is 1. The van der Waals surface area contributed by atoms with Crippen molar-refractivity contribution in [2.75, 3.05) is 7.11 Å². The van der Waals surface area contributed by atoms with Gasteiger partial charge in [0, 0.05) is 12.1 Å². The molecule has 2 atom stereocenters. The molecule has 0 aliphatic heterocycles.